The van der Waals surface area contributed by atoms with Gasteiger partial charge >= 0.3 is 0 Å². The molecule has 0 unspecified atom stereocenters. The van der Waals surface area contributed by atoms with Crippen LogP contribution in [0, 0.1) is 11.8 Å². The second-order valence-electron chi connectivity index (χ2n) is 5.89. The Hall–Kier alpha value is -0.880. The summed E-state index contributed by atoms with van der Waals surface area (Å²) >= 11 is 3.43. The van der Waals surface area contributed by atoms with Crippen molar-refractivity contribution >= 4 is 41.0 Å². The van der Waals surface area contributed by atoms with Gasteiger partial charge in [-0.1, -0.05) is 18.6 Å². The van der Waals surface area contributed by atoms with Crippen molar-refractivity contribution in [2.75, 3.05) is 6.54 Å². The first-order valence-electron chi connectivity index (χ1n) is 7.81. The third kappa shape index (κ3) is 4.57. The standard InChI is InChI=1S/C17H22N2OS2.ClH/c18-10-13-4-1-7-16(13)17(20)19(11-14-5-2-8-21-14)12-15-6-3-9-22-15;/h2-3,5-6,8-9,13,16H,1,4,7,10-12,18H2;1H/t13-,16-;/m1./s1. The van der Waals surface area contributed by atoms with Gasteiger partial charge in [0.1, 0.15) is 0 Å². The molecule has 0 aromatic carbocycles. The highest BCUT2D eigenvalue weighted by molar-refractivity contribution is 7.10. The quantitative estimate of drug-likeness (QED) is 0.830. The number of halogens is 1. The molecule has 2 aromatic rings. The van der Waals surface area contributed by atoms with Crippen molar-refractivity contribution in [3.8, 4) is 0 Å². The lowest BCUT2D eigenvalue weighted by Crippen LogP contribution is -2.38. The van der Waals surface area contributed by atoms with E-state index in [1.54, 1.807) is 22.7 Å². The number of thiophene rings is 2. The lowest BCUT2D eigenvalue weighted by molar-refractivity contribution is -0.137. The number of carbonyl (C=O) groups is 1. The first-order chi connectivity index (χ1) is 10.8. The minimum atomic E-state index is 0. The number of nitrogens with zero attached hydrogens (tertiary/aromatic N) is 1. The summed E-state index contributed by atoms with van der Waals surface area (Å²) in [4.78, 5) is 17.6. The largest absolute Gasteiger partial charge is 0.332 e. The lowest BCUT2D eigenvalue weighted by Gasteiger charge is -2.27. The van der Waals surface area contributed by atoms with Crippen LogP contribution in [0.5, 0.6) is 0 Å². The maximum atomic E-state index is 13.0. The molecule has 2 atom stereocenters. The van der Waals surface area contributed by atoms with Crippen LogP contribution in [0.3, 0.4) is 0 Å². The summed E-state index contributed by atoms with van der Waals surface area (Å²) in [5.41, 5.74) is 5.87. The molecule has 2 heterocycles. The van der Waals surface area contributed by atoms with Gasteiger partial charge in [-0.2, -0.15) is 0 Å². The molecule has 1 saturated carbocycles. The zero-order chi connectivity index (χ0) is 15.4. The molecule has 1 aliphatic carbocycles. The van der Waals surface area contributed by atoms with Crippen molar-refractivity contribution in [2.24, 2.45) is 17.6 Å². The summed E-state index contributed by atoms with van der Waals surface area (Å²) in [6.07, 6.45) is 3.22. The average Bonchev–Trinajstić information content (AvgIpc) is 3.27. The normalized spacial score (nSPS) is 20.2. The molecule has 2 N–H and O–H groups in total. The molecule has 3 rings (SSSR count). The van der Waals surface area contributed by atoms with Gasteiger partial charge in [-0.3, -0.25) is 4.79 Å². The maximum absolute atomic E-state index is 13.0. The van der Waals surface area contributed by atoms with Crippen LogP contribution in [0.4, 0.5) is 0 Å². The summed E-state index contributed by atoms with van der Waals surface area (Å²) in [6.45, 7) is 2.05. The summed E-state index contributed by atoms with van der Waals surface area (Å²) in [7, 11) is 0. The highest BCUT2D eigenvalue weighted by Gasteiger charge is 2.34. The number of nitrogens with two attached hydrogens (primary N) is 1. The molecule has 3 nitrogen and oxygen atoms in total. The maximum Gasteiger partial charge on any atom is 0.226 e. The van der Waals surface area contributed by atoms with Gasteiger partial charge in [-0.05, 0) is 48.2 Å². The predicted molar refractivity (Wildman–Crippen MR) is 100 cm³/mol. The Morgan fingerprint density at radius 3 is 2.22 bits per heavy atom. The summed E-state index contributed by atoms with van der Waals surface area (Å²) < 4.78 is 0. The van der Waals surface area contributed by atoms with Gasteiger partial charge in [0.15, 0.2) is 0 Å². The van der Waals surface area contributed by atoms with Crippen molar-refractivity contribution in [1.82, 2.24) is 4.90 Å². The third-order valence-corrected chi connectivity index (χ3v) is 6.17. The Kier molecular flexibility index (Phi) is 7.09. The van der Waals surface area contributed by atoms with Crippen molar-refractivity contribution in [2.45, 2.75) is 32.4 Å². The third-order valence-electron chi connectivity index (χ3n) is 4.44. The number of amides is 1. The highest BCUT2D eigenvalue weighted by atomic mass is 35.5. The molecular weight excluding hydrogens is 348 g/mol. The SMILES string of the molecule is Cl.NC[C@H]1CCC[C@H]1C(=O)N(Cc1cccs1)Cc1cccs1. The molecule has 0 aliphatic heterocycles. The molecule has 0 spiro atoms. The second-order valence-corrected chi connectivity index (χ2v) is 7.95. The Morgan fingerprint density at radius 1 is 1.13 bits per heavy atom. The van der Waals surface area contributed by atoms with Gasteiger partial charge in [0.2, 0.25) is 5.91 Å². The fourth-order valence-electron chi connectivity index (χ4n) is 3.27. The van der Waals surface area contributed by atoms with Crippen LogP contribution in [-0.2, 0) is 17.9 Å². The predicted octanol–water partition coefficient (Wildman–Crippen LogP) is 4.14. The van der Waals surface area contributed by atoms with Gasteiger partial charge < -0.3 is 10.6 Å². The molecule has 126 valence electrons. The van der Waals surface area contributed by atoms with Crippen LogP contribution in [0.1, 0.15) is 29.0 Å². The minimum absolute atomic E-state index is 0. The summed E-state index contributed by atoms with van der Waals surface area (Å²) in [5.74, 6) is 0.765. The van der Waals surface area contributed by atoms with E-state index >= 15 is 0 Å². The fourth-order valence-corrected chi connectivity index (χ4v) is 4.71. The van der Waals surface area contributed by atoms with E-state index in [4.69, 9.17) is 5.73 Å². The van der Waals surface area contributed by atoms with Crippen molar-refractivity contribution in [3.05, 3.63) is 44.8 Å². The van der Waals surface area contributed by atoms with E-state index in [0.717, 1.165) is 19.3 Å². The monoisotopic (exact) mass is 370 g/mol. The molecule has 0 radical (unpaired) electrons. The van der Waals surface area contributed by atoms with E-state index in [2.05, 4.69) is 22.9 Å². The van der Waals surface area contributed by atoms with Gasteiger partial charge in [-0.15, -0.1) is 35.1 Å². The summed E-state index contributed by atoms with van der Waals surface area (Å²) in [5, 5.41) is 4.14. The first kappa shape index (κ1) is 18.5. The van der Waals surface area contributed by atoms with Crippen LogP contribution in [0.25, 0.3) is 0 Å². The molecule has 23 heavy (non-hydrogen) atoms. The minimum Gasteiger partial charge on any atom is -0.332 e. The number of rotatable bonds is 6. The molecule has 1 fully saturated rings. The molecular formula is C17H23ClN2OS2. The van der Waals surface area contributed by atoms with E-state index in [1.165, 1.54) is 9.75 Å². The van der Waals surface area contributed by atoms with Crippen LogP contribution in [-0.4, -0.2) is 17.4 Å². The molecule has 1 aliphatic rings. The van der Waals surface area contributed by atoms with Gasteiger partial charge in [0.25, 0.3) is 0 Å². The fraction of sp³-hybridized carbons (Fsp3) is 0.471. The Balaban J connectivity index is 0.00000192. The van der Waals surface area contributed by atoms with Crippen molar-refractivity contribution in [1.29, 1.82) is 0 Å². The van der Waals surface area contributed by atoms with Gasteiger partial charge in [0.05, 0.1) is 13.1 Å². The van der Waals surface area contributed by atoms with Crippen LogP contribution in [0.15, 0.2) is 35.0 Å². The highest BCUT2D eigenvalue weighted by Crippen LogP contribution is 2.33. The zero-order valence-electron chi connectivity index (χ0n) is 13.0. The smallest absolute Gasteiger partial charge is 0.226 e. The molecule has 0 saturated heterocycles. The van der Waals surface area contributed by atoms with Crippen LogP contribution >= 0.6 is 35.1 Å². The van der Waals surface area contributed by atoms with E-state index in [1.807, 2.05) is 17.0 Å². The van der Waals surface area contributed by atoms with Crippen LogP contribution in [0.2, 0.25) is 0 Å². The average molecular weight is 371 g/mol. The van der Waals surface area contributed by atoms with Crippen molar-refractivity contribution in [3.63, 3.8) is 0 Å². The number of carbonyl (C=O) groups excluding carboxylic acids is 1. The van der Waals surface area contributed by atoms with Crippen molar-refractivity contribution < 1.29 is 4.79 Å². The van der Waals surface area contributed by atoms with E-state index in [-0.39, 0.29) is 24.2 Å². The zero-order valence-corrected chi connectivity index (χ0v) is 15.5. The number of hydrogen-bond acceptors (Lipinski definition) is 4. The molecule has 0 bridgehead atoms. The van der Waals surface area contributed by atoms with Gasteiger partial charge in [0, 0.05) is 15.7 Å². The summed E-state index contributed by atoms with van der Waals surface area (Å²) in [6, 6.07) is 8.31. The Morgan fingerprint density at radius 2 is 1.74 bits per heavy atom. The molecule has 6 heteroatoms. The molecule has 1 amide bonds. The second kappa shape index (κ2) is 8.83. The van der Waals surface area contributed by atoms with E-state index < -0.39 is 0 Å². The number of hydrogen-bond donors (Lipinski definition) is 1. The molecule has 2 aromatic heterocycles. The van der Waals surface area contributed by atoms with E-state index in [0.29, 0.717) is 25.6 Å². The van der Waals surface area contributed by atoms with E-state index in [9.17, 15) is 4.79 Å². The first-order valence-corrected chi connectivity index (χ1v) is 9.57. The Labute approximate surface area is 151 Å². The topological polar surface area (TPSA) is 46.3 Å². The lowest BCUT2D eigenvalue weighted by atomic mass is 9.94. The van der Waals surface area contributed by atoms with Gasteiger partial charge in [-0.25, -0.2) is 0 Å². The van der Waals surface area contributed by atoms with Crippen LogP contribution < -0.4 is 5.73 Å². The Bertz CT molecular complexity index is 550.